The van der Waals surface area contributed by atoms with Gasteiger partial charge in [-0.15, -0.1) is 0 Å². The fourth-order valence-corrected chi connectivity index (χ4v) is 1.94. The first-order chi connectivity index (χ1) is 7.84. The van der Waals surface area contributed by atoms with Crippen molar-refractivity contribution >= 4 is 11.6 Å². The number of aromatic nitrogens is 1. The zero-order chi connectivity index (χ0) is 11.2. The first kappa shape index (κ1) is 11.8. The van der Waals surface area contributed by atoms with Crippen molar-refractivity contribution in [1.82, 2.24) is 4.98 Å². The molecule has 1 aliphatic heterocycles. The molecule has 0 bridgehead atoms. The summed E-state index contributed by atoms with van der Waals surface area (Å²) in [4.78, 5) is 4.17. The minimum absolute atomic E-state index is 0.257. The van der Waals surface area contributed by atoms with Crippen LogP contribution in [0.1, 0.15) is 25.0 Å². The van der Waals surface area contributed by atoms with Gasteiger partial charge >= 0.3 is 0 Å². The Hall–Kier alpha value is -0.640. The fraction of sp³-hybridized carbons (Fsp3) is 0.583. The lowest BCUT2D eigenvalue weighted by Crippen LogP contribution is -2.24. The van der Waals surface area contributed by atoms with Crippen molar-refractivity contribution in [2.75, 3.05) is 13.2 Å². The highest BCUT2D eigenvalue weighted by Gasteiger charge is 2.13. The van der Waals surface area contributed by atoms with E-state index in [4.69, 9.17) is 21.1 Å². The highest BCUT2D eigenvalue weighted by atomic mass is 35.5. The second-order valence-electron chi connectivity index (χ2n) is 3.97. The maximum Gasteiger partial charge on any atom is 0.0889 e. The summed E-state index contributed by atoms with van der Waals surface area (Å²) >= 11 is 5.85. The van der Waals surface area contributed by atoms with E-state index in [1.165, 1.54) is 12.8 Å². The van der Waals surface area contributed by atoms with Gasteiger partial charge in [-0.05, 0) is 31.4 Å². The average molecular weight is 242 g/mol. The summed E-state index contributed by atoms with van der Waals surface area (Å²) in [5, 5.41) is 0.697. The van der Waals surface area contributed by atoms with E-state index in [9.17, 15) is 0 Å². The summed E-state index contributed by atoms with van der Waals surface area (Å²) in [6, 6.07) is 3.58. The molecule has 1 aliphatic rings. The van der Waals surface area contributed by atoms with Crippen LogP contribution in [-0.4, -0.2) is 24.3 Å². The summed E-state index contributed by atoms with van der Waals surface area (Å²) in [6.07, 6.45) is 5.46. The van der Waals surface area contributed by atoms with Crippen LogP contribution in [0.4, 0.5) is 0 Å². The second-order valence-corrected chi connectivity index (χ2v) is 4.41. The number of nitrogens with zero attached hydrogens (tertiary/aromatic N) is 1. The Bertz CT molecular complexity index is 327. The Labute approximate surface area is 101 Å². The van der Waals surface area contributed by atoms with E-state index in [0.29, 0.717) is 18.2 Å². The van der Waals surface area contributed by atoms with Crippen LogP contribution in [0.3, 0.4) is 0 Å². The van der Waals surface area contributed by atoms with E-state index in [1.807, 2.05) is 6.07 Å². The summed E-state index contributed by atoms with van der Waals surface area (Å²) < 4.78 is 11.1. The molecule has 1 aromatic rings. The Morgan fingerprint density at radius 2 is 2.44 bits per heavy atom. The van der Waals surface area contributed by atoms with Crippen LogP contribution in [0.15, 0.2) is 18.3 Å². The predicted molar refractivity (Wildman–Crippen MR) is 62.5 cm³/mol. The minimum atomic E-state index is 0.257. The second kappa shape index (κ2) is 6.18. The van der Waals surface area contributed by atoms with Crippen LogP contribution in [0.5, 0.6) is 0 Å². The molecule has 1 fully saturated rings. The topological polar surface area (TPSA) is 31.4 Å². The van der Waals surface area contributed by atoms with Gasteiger partial charge < -0.3 is 9.47 Å². The van der Waals surface area contributed by atoms with Crippen molar-refractivity contribution in [3.8, 4) is 0 Å². The van der Waals surface area contributed by atoms with Gasteiger partial charge in [0.15, 0.2) is 0 Å². The number of rotatable bonds is 4. The number of hydrogen-bond acceptors (Lipinski definition) is 3. The van der Waals surface area contributed by atoms with Crippen molar-refractivity contribution in [2.24, 2.45) is 0 Å². The summed E-state index contributed by atoms with van der Waals surface area (Å²) in [6.45, 7) is 2.01. The molecule has 16 heavy (non-hydrogen) atoms. The monoisotopic (exact) mass is 241 g/mol. The van der Waals surface area contributed by atoms with Crippen LogP contribution >= 0.6 is 11.6 Å². The van der Waals surface area contributed by atoms with Gasteiger partial charge in [-0.2, -0.15) is 0 Å². The lowest BCUT2D eigenvalue weighted by atomic mass is 10.1. The van der Waals surface area contributed by atoms with Gasteiger partial charge in [-0.25, -0.2) is 0 Å². The fourth-order valence-electron chi connectivity index (χ4n) is 1.76. The molecule has 0 aliphatic carbocycles. The van der Waals surface area contributed by atoms with E-state index in [0.717, 1.165) is 18.7 Å². The molecule has 1 aromatic heterocycles. The molecular formula is C12H16ClNO2. The van der Waals surface area contributed by atoms with E-state index >= 15 is 0 Å². The lowest BCUT2D eigenvalue weighted by Gasteiger charge is -2.22. The van der Waals surface area contributed by atoms with Crippen molar-refractivity contribution in [2.45, 2.75) is 32.0 Å². The highest BCUT2D eigenvalue weighted by Crippen LogP contribution is 2.14. The van der Waals surface area contributed by atoms with Crippen molar-refractivity contribution < 1.29 is 9.47 Å². The molecule has 1 saturated heterocycles. The Kier molecular flexibility index (Phi) is 4.57. The molecule has 1 atom stereocenters. The largest absolute Gasteiger partial charge is 0.376 e. The summed E-state index contributed by atoms with van der Waals surface area (Å²) in [5.74, 6) is 0. The number of ether oxygens (including phenoxy) is 2. The molecule has 0 N–H and O–H groups in total. The molecule has 2 heterocycles. The maximum absolute atomic E-state index is 5.85. The number of hydrogen-bond donors (Lipinski definition) is 0. The molecule has 88 valence electrons. The van der Waals surface area contributed by atoms with E-state index < -0.39 is 0 Å². The van der Waals surface area contributed by atoms with Gasteiger partial charge in [0.05, 0.1) is 25.0 Å². The Morgan fingerprint density at radius 1 is 1.50 bits per heavy atom. The van der Waals surface area contributed by atoms with Crippen molar-refractivity contribution in [3.63, 3.8) is 0 Å². The van der Waals surface area contributed by atoms with Crippen LogP contribution in [0.2, 0.25) is 5.02 Å². The van der Waals surface area contributed by atoms with E-state index in [1.54, 1.807) is 12.3 Å². The minimum Gasteiger partial charge on any atom is -0.376 e. The van der Waals surface area contributed by atoms with Gasteiger partial charge in [-0.1, -0.05) is 11.6 Å². The zero-order valence-corrected chi connectivity index (χ0v) is 9.95. The summed E-state index contributed by atoms with van der Waals surface area (Å²) in [7, 11) is 0. The summed E-state index contributed by atoms with van der Waals surface area (Å²) in [5.41, 5.74) is 0.864. The van der Waals surface area contributed by atoms with E-state index in [2.05, 4.69) is 4.98 Å². The Morgan fingerprint density at radius 3 is 3.19 bits per heavy atom. The molecule has 1 unspecified atom stereocenters. The predicted octanol–water partition coefficient (Wildman–Crippen LogP) is 2.82. The number of pyridine rings is 1. The third-order valence-electron chi connectivity index (χ3n) is 2.61. The SMILES string of the molecule is Clc1ccnc(COCC2CCCCO2)c1. The van der Waals surface area contributed by atoms with Gasteiger partial charge in [0.25, 0.3) is 0 Å². The molecule has 0 saturated carbocycles. The van der Waals surface area contributed by atoms with Crippen LogP contribution in [0, 0.1) is 0 Å². The lowest BCUT2D eigenvalue weighted by molar-refractivity contribution is -0.0452. The smallest absolute Gasteiger partial charge is 0.0889 e. The van der Waals surface area contributed by atoms with Gasteiger partial charge in [0.1, 0.15) is 0 Å². The molecule has 3 nitrogen and oxygen atoms in total. The molecule has 4 heteroatoms. The molecule has 2 rings (SSSR count). The van der Waals surface area contributed by atoms with Crippen LogP contribution in [-0.2, 0) is 16.1 Å². The first-order valence-corrected chi connectivity index (χ1v) is 6.02. The standard InChI is InChI=1S/C12H16ClNO2/c13-10-4-5-14-11(7-10)8-15-9-12-3-1-2-6-16-12/h4-5,7,12H,1-3,6,8-9H2. The third-order valence-corrected chi connectivity index (χ3v) is 2.84. The van der Waals surface area contributed by atoms with Gasteiger partial charge in [0.2, 0.25) is 0 Å². The molecule has 0 amide bonds. The molecule has 0 aromatic carbocycles. The third kappa shape index (κ3) is 3.74. The Balaban J connectivity index is 1.71. The quantitative estimate of drug-likeness (QED) is 0.812. The molecule has 0 spiro atoms. The zero-order valence-electron chi connectivity index (χ0n) is 9.19. The van der Waals surface area contributed by atoms with Crippen molar-refractivity contribution in [3.05, 3.63) is 29.0 Å². The van der Waals surface area contributed by atoms with Gasteiger partial charge in [-0.3, -0.25) is 4.98 Å². The normalized spacial score (nSPS) is 20.9. The maximum atomic E-state index is 5.85. The van der Waals surface area contributed by atoms with E-state index in [-0.39, 0.29) is 6.10 Å². The molecule has 0 radical (unpaired) electrons. The average Bonchev–Trinajstić information content (AvgIpc) is 2.30. The van der Waals surface area contributed by atoms with Crippen LogP contribution < -0.4 is 0 Å². The van der Waals surface area contributed by atoms with Gasteiger partial charge in [0, 0.05) is 17.8 Å². The number of halogens is 1. The highest BCUT2D eigenvalue weighted by molar-refractivity contribution is 6.30. The molecular weight excluding hydrogens is 226 g/mol. The van der Waals surface area contributed by atoms with Crippen molar-refractivity contribution in [1.29, 1.82) is 0 Å². The first-order valence-electron chi connectivity index (χ1n) is 5.64. The van der Waals surface area contributed by atoms with Crippen LogP contribution in [0.25, 0.3) is 0 Å².